The third-order valence-electron chi connectivity index (χ3n) is 3.18. The molecule has 0 bridgehead atoms. The Labute approximate surface area is 105 Å². The summed E-state index contributed by atoms with van der Waals surface area (Å²) in [4.78, 5) is 4.10. The van der Waals surface area contributed by atoms with Gasteiger partial charge < -0.3 is 10.1 Å². The van der Waals surface area contributed by atoms with Crippen molar-refractivity contribution in [3.8, 4) is 5.75 Å². The molecule has 17 heavy (non-hydrogen) atoms. The lowest BCUT2D eigenvalue weighted by Crippen LogP contribution is -2.19. The van der Waals surface area contributed by atoms with Gasteiger partial charge in [-0.25, -0.2) is 0 Å². The number of hydrogen-bond donors (Lipinski definition) is 1. The van der Waals surface area contributed by atoms with Crippen LogP contribution in [0.2, 0.25) is 0 Å². The Morgan fingerprint density at radius 2 is 2.24 bits per heavy atom. The van der Waals surface area contributed by atoms with Crippen LogP contribution in [0.15, 0.2) is 18.5 Å². The minimum Gasteiger partial charge on any atom is -0.495 e. The average molecular weight is 236 g/mol. The minimum absolute atomic E-state index is 0.342. The Hall–Kier alpha value is -1.09. The summed E-state index contributed by atoms with van der Waals surface area (Å²) in [5, 5.41) is 3.37. The summed E-state index contributed by atoms with van der Waals surface area (Å²) in [5.74, 6) is 1.59. The molecule has 96 valence electrons. The van der Waals surface area contributed by atoms with E-state index in [2.05, 4.69) is 24.1 Å². The van der Waals surface area contributed by atoms with Crippen molar-refractivity contribution in [2.24, 2.45) is 5.92 Å². The number of nitrogens with one attached hydrogen (secondary N) is 1. The molecule has 1 heterocycles. The summed E-state index contributed by atoms with van der Waals surface area (Å²) in [6.07, 6.45) is 7.25. The van der Waals surface area contributed by atoms with Crippen molar-refractivity contribution < 1.29 is 4.74 Å². The zero-order valence-corrected chi connectivity index (χ0v) is 11.4. The monoisotopic (exact) mass is 236 g/mol. The van der Waals surface area contributed by atoms with Gasteiger partial charge in [0, 0.05) is 17.8 Å². The van der Waals surface area contributed by atoms with Crippen molar-refractivity contribution in [1.29, 1.82) is 0 Å². The number of ether oxygens (including phenoxy) is 1. The molecule has 0 saturated carbocycles. The van der Waals surface area contributed by atoms with E-state index in [0.717, 1.165) is 18.1 Å². The molecule has 0 saturated heterocycles. The van der Waals surface area contributed by atoms with Crippen LogP contribution >= 0.6 is 0 Å². The highest BCUT2D eigenvalue weighted by Crippen LogP contribution is 2.29. The summed E-state index contributed by atoms with van der Waals surface area (Å²) >= 11 is 0. The smallest absolute Gasteiger partial charge is 0.141 e. The maximum Gasteiger partial charge on any atom is 0.141 e. The fraction of sp³-hybridized carbons (Fsp3) is 0.643. The SMILES string of the molecule is CCCC(C)CC(NC)c1ccncc1OC. The Balaban J connectivity index is 2.78. The first-order chi connectivity index (χ1) is 8.22. The van der Waals surface area contributed by atoms with E-state index in [1.54, 1.807) is 13.3 Å². The molecule has 0 radical (unpaired) electrons. The van der Waals surface area contributed by atoms with E-state index in [0.29, 0.717) is 6.04 Å². The van der Waals surface area contributed by atoms with Gasteiger partial charge in [-0.2, -0.15) is 0 Å². The topological polar surface area (TPSA) is 34.2 Å². The molecule has 1 aromatic heterocycles. The van der Waals surface area contributed by atoms with Gasteiger partial charge in [0.25, 0.3) is 0 Å². The first-order valence-electron chi connectivity index (χ1n) is 6.38. The molecule has 0 fully saturated rings. The lowest BCUT2D eigenvalue weighted by atomic mass is 9.93. The molecule has 0 aromatic carbocycles. The second-order valence-corrected chi connectivity index (χ2v) is 4.59. The summed E-state index contributed by atoms with van der Waals surface area (Å²) in [6, 6.07) is 2.38. The van der Waals surface area contributed by atoms with Crippen LogP contribution in [0.3, 0.4) is 0 Å². The number of rotatable bonds is 7. The van der Waals surface area contributed by atoms with Crippen molar-refractivity contribution in [3.05, 3.63) is 24.0 Å². The van der Waals surface area contributed by atoms with Gasteiger partial charge in [0.1, 0.15) is 5.75 Å². The van der Waals surface area contributed by atoms with Crippen LogP contribution in [-0.2, 0) is 0 Å². The van der Waals surface area contributed by atoms with E-state index in [-0.39, 0.29) is 0 Å². The van der Waals surface area contributed by atoms with Gasteiger partial charge in [-0.3, -0.25) is 4.98 Å². The van der Waals surface area contributed by atoms with Gasteiger partial charge in [0.2, 0.25) is 0 Å². The zero-order valence-electron chi connectivity index (χ0n) is 11.4. The van der Waals surface area contributed by atoms with Gasteiger partial charge >= 0.3 is 0 Å². The van der Waals surface area contributed by atoms with E-state index in [1.165, 1.54) is 18.4 Å². The maximum atomic E-state index is 5.37. The first-order valence-corrected chi connectivity index (χ1v) is 6.38. The molecule has 1 rings (SSSR count). The standard InChI is InChI=1S/C14H24N2O/c1-5-6-11(2)9-13(15-3)12-7-8-16-10-14(12)17-4/h7-8,10-11,13,15H,5-6,9H2,1-4H3. The van der Waals surface area contributed by atoms with Gasteiger partial charge in [-0.1, -0.05) is 26.7 Å². The lowest BCUT2D eigenvalue weighted by Gasteiger charge is -2.22. The van der Waals surface area contributed by atoms with E-state index < -0.39 is 0 Å². The number of aromatic nitrogens is 1. The predicted molar refractivity (Wildman–Crippen MR) is 71.3 cm³/mol. The molecule has 2 atom stereocenters. The van der Waals surface area contributed by atoms with Crippen molar-refractivity contribution >= 4 is 0 Å². The predicted octanol–water partition coefficient (Wildman–Crippen LogP) is 3.18. The highest BCUT2D eigenvalue weighted by molar-refractivity contribution is 5.32. The van der Waals surface area contributed by atoms with Crippen molar-refractivity contribution in [2.45, 2.75) is 39.2 Å². The Morgan fingerprint density at radius 1 is 1.47 bits per heavy atom. The van der Waals surface area contributed by atoms with E-state index in [1.807, 2.05) is 19.3 Å². The summed E-state index contributed by atoms with van der Waals surface area (Å²) in [5.41, 5.74) is 1.20. The van der Waals surface area contributed by atoms with E-state index in [4.69, 9.17) is 4.74 Å². The third kappa shape index (κ3) is 4.00. The first kappa shape index (κ1) is 14.0. The van der Waals surface area contributed by atoms with Crippen LogP contribution in [0.25, 0.3) is 0 Å². The maximum absolute atomic E-state index is 5.37. The molecule has 1 N–H and O–H groups in total. The largest absolute Gasteiger partial charge is 0.495 e. The summed E-state index contributed by atoms with van der Waals surface area (Å²) in [7, 11) is 3.70. The molecule has 3 heteroatoms. The molecule has 0 spiro atoms. The van der Waals surface area contributed by atoms with E-state index >= 15 is 0 Å². The van der Waals surface area contributed by atoms with Crippen LogP contribution in [-0.4, -0.2) is 19.1 Å². The van der Waals surface area contributed by atoms with E-state index in [9.17, 15) is 0 Å². The number of hydrogen-bond acceptors (Lipinski definition) is 3. The number of nitrogens with zero attached hydrogens (tertiary/aromatic N) is 1. The Morgan fingerprint density at radius 3 is 2.82 bits per heavy atom. The van der Waals surface area contributed by atoms with Gasteiger partial charge in [0.05, 0.1) is 13.3 Å². The van der Waals surface area contributed by atoms with Crippen LogP contribution in [0.4, 0.5) is 0 Å². The third-order valence-corrected chi connectivity index (χ3v) is 3.18. The lowest BCUT2D eigenvalue weighted by molar-refractivity contribution is 0.374. The van der Waals surface area contributed by atoms with Gasteiger partial charge in [0.15, 0.2) is 0 Å². The number of pyridine rings is 1. The second kappa shape index (κ2) is 7.28. The fourth-order valence-corrected chi connectivity index (χ4v) is 2.26. The molecule has 2 unspecified atom stereocenters. The van der Waals surface area contributed by atoms with Gasteiger partial charge in [-0.05, 0) is 25.5 Å². The van der Waals surface area contributed by atoms with Crippen LogP contribution in [0, 0.1) is 5.92 Å². The average Bonchev–Trinajstić information content (AvgIpc) is 2.36. The molecular formula is C14H24N2O. The highest BCUT2D eigenvalue weighted by Gasteiger charge is 2.16. The highest BCUT2D eigenvalue weighted by atomic mass is 16.5. The normalized spacial score (nSPS) is 14.4. The minimum atomic E-state index is 0.342. The molecule has 3 nitrogen and oxygen atoms in total. The van der Waals surface area contributed by atoms with Crippen molar-refractivity contribution in [1.82, 2.24) is 10.3 Å². The van der Waals surface area contributed by atoms with Crippen LogP contribution in [0.1, 0.15) is 44.7 Å². The summed E-state index contributed by atoms with van der Waals surface area (Å²) < 4.78 is 5.37. The van der Waals surface area contributed by atoms with Crippen molar-refractivity contribution in [3.63, 3.8) is 0 Å². The molecular weight excluding hydrogens is 212 g/mol. The molecule has 0 aliphatic heterocycles. The van der Waals surface area contributed by atoms with Crippen LogP contribution in [0.5, 0.6) is 5.75 Å². The Kier molecular flexibility index (Phi) is 5.98. The number of methoxy groups -OCH3 is 1. The summed E-state index contributed by atoms with van der Waals surface area (Å²) in [6.45, 7) is 4.54. The van der Waals surface area contributed by atoms with Crippen molar-refractivity contribution in [2.75, 3.05) is 14.2 Å². The molecule has 0 amide bonds. The quantitative estimate of drug-likeness (QED) is 0.789. The van der Waals surface area contributed by atoms with Crippen LogP contribution < -0.4 is 10.1 Å². The fourth-order valence-electron chi connectivity index (χ4n) is 2.26. The zero-order chi connectivity index (χ0) is 12.7. The second-order valence-electron chi connectivity index (χ2n) is 4.59. The molecule has 0 aliphatic carbocycles. The van der Waals surface area contributed by atoms with Gasteiger partial charge in [-0.15, -0.1) is 0 Å². The Bertz CT molecular complexity index is 328. The molecule has 1 aromatic rings. The molecule has 0 aliphatic rings.